The third-order valence-corrected chi connectivity index (χ3v) is 3.75. The van der Waals surface area contributed by atoms with Gasteiger partial charge in [0.2, 0.25) is 0 Å². The van der Waals surface area contributed by atoms with Crippen LogP contribution in [-0.2, 0) is 0 Å². The zero-order valence-electron chi connectivity index (χ0n) is 9.00. The Labute approximate surface area is 109 Å². The summed E-state index contributed by atoms with van der Waals surface area (Å²) in [7, 11) is 0. The first kappa shape index (κ1) is 11.7. The summed E-state index contributed by atoms with van der Waals surface area (Å²) in [6.45, 7) is 0. The Morgan fingerprint density at radius 3 is 2.62 bits per heavy atom. The molecule has 86 valence electrons. The summed E-state index contributed by atoms with van der Waals surface area (Å²) in [5.41, 5.74) is 0.874. The molecule has 16 heavy (non-hydrogen) atoms. The maximum Gasteiger partial charge on any atom is 0.319 e. The fraction of sp³-hybridized carbons (Fsp3) is 0.417. The van der Waals surface area contributed by atoms with E-state index in [-0.39, 0.29) is 6.03 Å². The molecular weight excluding hydrogens is 315 g/mol. The molecule has 0 saturated heterocycles. The average Bonchev–Trinajstić information content (AvgIpc) is 2.74. The molecule has 0 radical (unpaired) electrons. The lowest BCUT2D eigenvalue weighted by atomic mass is 10.2. The van der Waals surface area contributed by atoms with Crippen LogP contribution in [0, 0.1) is 3.57 Å². The second-order valence-electron chi connectivity index (χ2n) is 4.06. The van der Waals surface area contributed by atoms with Crippen molar-refractivity contribution in [2.75, 3.05) is 5.32 Å². The van der Waals surface area contributed by atoms with Crippen LogP contribution < -0.4 is 10.6 Å². The molecule has 0 bridgehead atoms. The van der Waals surface area contributed by atoms with Gasteiger partial charge in [0.1, 0.15) is 0 Å². The van der Waals surface area contributed by atoms with E-state index >= 15 is 0 Å². The van der Waals surface area contributed by atoms with Crippen molar-refractivity contribution in [3.63, 3.8) is 0 Å². The van der Waals surface area contributed by atoms with Crippen molar-refractivity contribution in [1.29, 1.82) is 0 Å². The molecule has 2 amide bonds. The van der Waals surface area contributed by atoms with Crippen molar-refractivity contribution in [1.82, 2.24) is 5.32 Å². The maximum atomic E-state index is 11.7. The van der Waals surface area contributed by atoms with Crippen molar-refractivity contribution in [2.45, 2.75) is 31.7 Å². The molecule has 0 aromatic heterocycles. The molecule has 1 saturated carbocycles. The quantitative estimate of drug-likeness (QED) is 0.802. The van der Waals surface area contributed by atoms with Gasteiger partial charge in [-0.25, -0.2) is 4.79 Å². The van der Waals surface area contributed by atoms with Gasteiger partial charge in [0.15, 0.2) is 0 Å². The van der Waals surface area contributed by atoms with Gasteiger partial charge in [-0.05, 0) is 47.6 Å². The van der Waals surface area contributed by atoms with Crippen LogP contribution in [0.25, 0.3) is 0 Å². The summed E-state index contributed by atoms with van der Waals surface area (Å²) in [5.74, 6) is 0. The molecule has 0 heterocycles. The minimum atomic E-state index is -0.0870. The van der Waals surface area contributed by atoms with Crippen LogP contribution in [0.4, 0.5) is 10.5 Å². The van der Waals surface area contributed by atoms with Crippen LogP contribution in [-0.4, -0.2) is 12.1 Å². The minimum Gasteiger partial charge on any atom is -0.335 e. The van der Waals surface area contributed by atoms with E-state index in [2.05, 4.69) is 33.2 Å². The predicted octanol–water partition coefficient (Wildman–Crippen LogP) is 3.36. The van der Waals surface area contributed by atoms with E-state index in [1.54, 1.807) is 0 Å². The zero-order chi connectivity index (χ0) is 11.4. The van der Waals surface area contributed by atoms with Gasteiger partial charge in [0, 0.05) is 9.61 Å². The predicted molar refractivity (Wildman–Crippen MR) is 73.6 cm³/mol. The Hall–Kier alpha value is -0.780. The molecule has 1 aromatic rings. The molecule has 4 heteroatoms. The van der Waals surface area contributed by atoms with Crippen LogP contribution >= 0.6 is 22.6 Å². The second kappa shape index (κ2) is 5.52. The Kier molecular flexibility index (Phi) is 4.04. The van der Waals surface area contributed by atoms with Gasteiger partial charge in [-0.3, -0.25) is 0 Å². The van der Waals surface area contributed by atoms with E-state index in [0.717, 1.165) is 22.1 Å². The number of hydrogen-bond donors (Lipinski definition) is 2. The van der Waals surface area contributed by atoms with Crippen LogP contribution in [0.5, 0.6) is 0 Å². The highest BCUT2D eigenvalue weighted by Gasteiger charge is 2.17. The Morgan fingerprint density at radius 2 is 1.94 bits per heavy atom. The number of benzene rings is 1. The molecule has 0 aliphatic heterocycles. The van der Waals surface area contributed by atoms with E-state index < -0.39 is 0 Å². The summed E-state index contributed by atoms with van der Waals surface area (Å²) in [6.07, 6.45) is 4.68. The van der Waals surface area contributed by atoms with Gasteiger partial charge in [-0.2, -0.15) is 0 Å². The van der Waals surface area contributed by atoms with Crippen molar-refractivity contribution >= 4 is 34.3 Å². The first-order valence-corrected chi connectivity index (χ1v) is 6.65. The first-order chi connectivity index (χ1) is 7.75. The van der Waals surface area contributed by atoms with Gasteiger partial charge in [0.05, 0.1) is 5.69 Å². The monoisotopic (exact) mass is 330 g/mol. The highest BCUT2D eigenvalue weighted by atomic mass is 127. The summed E-state index contributed by atoms with van der Waals surface area (Å²) in [6, 6.07) is 8.05. The van der Waals surface area contributed by atoms with Crippen LogP contribution in [0.15, 0.2) is 24.3 Å². The van der Waals surface area contributed by atoms with Crippen molar-refractivity contribution in [3.05, 3.63) is 27.8 Å². The van der Waals surface area contributed by atoms with Crippen molar-refractivity contribution < 1.29 is 4.79 Å². The molecule has 2 rings (SSSR count). The summed E-state index contributed by atoms with van der Waals surface area (Å²) in [4.78, 5) is 11.7. The smallest absolute Gasteiger partial charge is 0.319 e. The number of carbonyl (C=O) groups is 1. The summed E-state index contributed by atoms with van der Waals surface area (Å²) >= 11 is 2.22. The number of urea groups is 1. The number of rotatable bonds is 2. The van der Waals surface area contributed by atoms with Crippen LogP contribution in [0.2, 0.25) is 0 Å². The average molecular weight is 330 g/mol. The summed E-state index contributed by atoms with van der Waals surface area (Å²) in [5, 5.41) is 5.88. The molecule has 0 atom stereocenters. The number of amides is 2. The normalized spacial score (nSPS) is 16.1. The molecule has 1 fully saturated rings. The lowest BCUT2D eigenvalue weighted by molar-refractivity contribution is 0.248. The number of anilines is 1. The molecular formula is C12H15IN2O. The largest absolute Gasteiger partial charge is 0.335 e. The van der Waals surface area contributed by atoms with Gasteiger partial charge < -0.3 is 10.6 Å². The molecule has 1 aliphatic carbocycles. The van der Waals surface area contributed by atoms with E-state index in [9.17, 15) is 4.79 Å². The Morgan fingerprint density at radius 1 is 1.25 bits per heavy atom. The lowest BCUT2D eigenvalue weighted by Gasteiger charge is -2.13. The number of hydrogen-bond acceptors (Lipinski definition) is 1. The first-order valence-electron chi connectivity index (χ1n) is 5.58. The lowest BCUT2D eigenvalue weighted by Crippen LogP contribution is -2.36. The minimum absolute atomic E-state index is 0.0870. The fourth-order valence-corrected chi connectivity index (χ4v) is 2.50. The van der Waals surface area contributed by atoms with Crippen LogP contribution in [0.3, 0.4) is 0 Å². The molecule has 1 aliphatic rings. The molecule has 3 nitrogen and oxygen atoms in total. The number of carbonyl (C=O) groups excluding carboxylic acids is 1. The topological polar surface area (TPSA) is 41.1 Å². The second-order valence-corrected chi connectivity index (χ2v) is 5.22. The third-order valence-electron chi connectivity index (χ3n) is 2.81. The summed E-state index contributed by atoms with van der Waals surface area (Å²) < 4.78 is 1.06. The number of halogens is 1. The SMILES string of the molecule is O=C(Nc1ccccc1I)NC1CCCC1. The highest BCUT2D eigenvalue weighted by Crippen LogP contribution is 2.19. The maximum absolute atomic E-state index is 11.7. The third kappa shape index (κ3) is 3.10. The zero-order valence-corrected chi connectivity index (χ0v) is 11.2. The molecule has 0 unspecified atom stereocenters. The van der Waals surface area contributed by atoms with Gasteiger partial charge in [-0.15, -0.1) is 0 Å². The van der Waals surface area contributed by atoms with Crippen molar-refractivity contribution in [3.8, 4) is 0 Å². The van der Waals surface area contributed by atoms with Gasteiger partial charge in [-0.1, -0.05) is 25.0 Å². The Bertz CT molecular complexity index is 375. The number of nitrogens with one attached hydrogen (secondary N) is 2. The van der Waals surface area contributed by atoms with Crippen LogP contribution in [0.1, 0.15) is 25.7 Å². The van der Waals surface area contributed by atoms with E-state index in [4.69, 9.17) is 0 Å². The number of para-hydroxylation sites is 1. The highest BCUT2D eigenvalue weighted by molar-refractivity contribution is 14.1. The molecule has 2 N–H and O–H groups in total. The van der Waals surface area contributed by atoms with E-state index in [1.807, 2.05) is 24.3 Å². The van der Waals surface area contributed by atoms with E-state index in [0.29, 0.717) is 6.04 Å². The molecule has 0 spiro atoms. The van der Waals surface area contributed by atoms with Crippen molar-refractivity contribution in [2.24, 2.45) is 0 Å². The van der Waals surface area contributed by atoms with Gasteiger partial charge >= 0.3 is 6.03 Å². The van der Waals surface area contributed by atoms with Gasteiger partial charge in [0.25, 0.3) is 0 Å². The Balaban J connectivity index is 1.89. The molecule has 1 aromatic carbocycles. The standard InChI is InChI=1S/C12H15IN2O/c13-10-7-3-4-8-11(10)15-12(16)14-9-5-1-2-6-9/h3-4,7-9H,1-2,5-6H2,(H2,14,15,16). The fourth-order valence-electron chi connectivity index (χ4n) is 1.98. The van der Waals surface area contributed by atoms with E-state index in [1.165, 1.54) is 12.8 Å².